The number of hydrogen-bond acceptors (Lipinski definition) is 3. The molecule has 0 radical (unpaired) electrons. The van der Waals surface area contributed by atoms with Gasteiger partial charge in [0.1, 0.15) is 11.9 Å². The topological polar surface area (TPSA) is 38.3 Å². The minimum atomic E-state index is -0.0704. The van der Waals surface area contributed by atoms with Crippen molar-refractivity contribution in [3.05, 3.63) is 65.7 Å². The minimum absolute atomic E-state index is 0.0441. The van der Waals surface area contributed by atoms with Crippen LogP contribution >= 0.6 is 11.8 Å². The van der Waals surface area contributed by atoms with Crippen molar-refractivity contribution in [3.8, 4) is 5.75 Å². The molecule has 0 unspecified atom stereocenters. The van der Waals surface area contributed by atoms with E-state index in [2.05, 4.69) is 23.5 Å². The van der Waals surface area contributed by atoms with Gasteiger partial charge < -0.3 is 10.1 Å². The lowest BCUT2D eigenvalue weighted by Crippen LogP contribution is -2.38. The maximum atomic E-state index is 12.2. The summed E-state index contributed by atoms with van der Waals surface area (Å²) >= 11 is 1.65. The van der Waals surface area contributed by atoms with Crippen LogP contribution in [0, 0.1) is 0 Å². The van der Waals surface area contributed by atoms with Crippen molar-refractivity contribution in [2.75, 3.05) is 6.54 Å². The minimum Gasteiger partial charge on any atom is -0.488 e. The lowest BCUT2D eigenvalue weighted by Gasteiger charge is -2.15. The third-order valence-electron chi connectivity index (χ3n) is 3.93. The monoisotopic (exact) mass is 327 g/mol. The molecule has 0 saturated carbocycles. The van der Waals surface area contributed by atoms with E-state index in [0.29, 0.717) is 6.54 Å². The van der Waals surface area contributed by atoms with Crippen molar-refractivity contribution in [1.82, 2.24) is 5.32 Å². The Hall–Kier alpha value is -1.94. The fourth-order valence-corrected chi connectivity index (χ4v) is 3.47. The van der Waals surface area contributed by atoms with E-state index in [9.17, 15) is 4.79 Å². The molecule has 3 rings (SSSR count). The van der Waals surface area contributed by atoms with Gasteiger partial charge >= 0.3 is 0 Å². The maximum Gasteiger partial charge on any atom is 0.232 e. The number of para-hydroxylation sites is 1. The highest BCUT2D eigenvalue weighted by Crippen LogP contribution is 2.27. The molecule has 0 aliphatic carbocycles. The SMILES string of the molecule is C[C@H](SCc1ccccc1)C(=O)NC[C@H]1Cc2ccccc2O1. The number of fused-ring (bicyclic) bond motifs is 1. The fourth-order valence-electron chi connectivity index (χ4n) is 2.60. The van der Waals surface area contributed by atoms with Crippen LogP contribution < -0.4 is 10.1 Å². The molecule has 23 heavy (non-hydrogen) atoms. The summed E-state index contributed by atoms with van der Waals surface area (Å²) in [7, 11) is 0. The number of rotatable bonds is 6. The van der Waals surface area contributed by atoms with Crippen LogP contribution in [0.15, 0.2) is 54.6 Å². The van der Waals surface area contributed by atoms with Gasteiger partial charge in [0.25, 0.3) is 0 Å². The second-order valence-corrected chi connectivity index (χ2v) is 7.06. The second kappa shape index (κ2) is 7.55. The highest BCUT2D eigenvalue weighted by molar-refractivity contribution is 7.99. The molecule has 1 N–H and O–H groups in total. The van der Waals surface area contributed by atoms with Crippen molar-refractivity contribution >= 4 is 17.7 Å². The van der Waals surface area contributed by atoms with Crippen LogP contribution in [-0.4, -0.2) is 23.8 Å². The Morgan fingerprint density at radius 1 is 1.22 bits per heavy atom. The Morgan fingerprint density at radius 3 is 2.74 bits per heavy atom. The Morgan fingerprint density at radius 2 is 1.96 bits per heavy atom. The van der Waals surface area contributed by atoms with E-state index in [4.69, 9.17) is 4.74 Å². The summed E-state index contributed by atoms with van der Waals surface area (Å²) in [5, 5.41) is 2.94. The van der Waals surface area contributed by atoms with Crippen LogP contribution in [0.1, 0.15) is 18.1 Å². The van der Waals surface area contributed by atoms with E-state index in [-0.39, 0.29) is 17.3 Å². The van der Waals surface area contributed by atoms with Crippen molar-refractivity contribution in [1.29, 1.82) is 0 Å². The van der Waals surface area contributed by atoms with Crippen LogP contribution in [0.5, 0.6) is 5.75 Å². The molecule has 0 aromatic heterocycles. The first-order valence-electron chi connectivity index (χ1n) is 7.90. The van der Waals surface area contributed by atoms with Crippen LogP contribution in [0.25, 0.3) is 0 Å². The number of ether oxygens (including phenoxy) is 1. The van der Waals surface area contributed by atoms with Crippen LogP contribution in [0.4, 0.5) is 0 Å². The van der Waals surface area contributed by atoms with Crippen molar-refractivity contribution < 1.29 is 9.53 Å². The highest BCUT2D eigenvalue weighted by Gasteiger charge is 2.23. The summed E-state index contributed by atoms with van der Waals surface area (Å²) in [6.07, 6.45) is 0.907. The third kappa shape index (κ3) is 4.29. The Labute approximate surface area is 141 Å². The number of thioether (sulfide) groups is 1. The van der Waals surface area contributed by atoms with E-state index in [1.165, 1.54) is 11.1 Å². The molecule has 0 spiro atoms. The first kappa shape index (κ1) is 15.9. The zero-order chi connectivity index (χ0) is 16.1. The van der Waals surface area contributed by atoms with Crippen molar-refractivity contribution in [2.45, 2.75) is 30.5 Å². The smallest absolute Gasteiger partial charge is 0.232 e. The molecule has 1 aliphatic heterocycles. The average Bonchev–Trinajstić information content (AvgIpc) is 3.01. The zero-order valence-electron chi connectivity index (χ0n) is 13.2. The lowest BCUT2D eigenvalue weighted by molar-refractivity contribution is -0.120. The first-order chi connectivity index (χ1) is 11.2. The molecule has 3 nitrogen and oxygen atoms in total. The van der Waals surface area contributed by atoms with Crippen molar-refractivity contribution in [2.24, 2.45) is 0 Å². The van der Waals surface area contributed by atoms with Gasteiger partial charge in [0.15, 0.2) is 0 Å². The van der Waals surface area contributed by atoms with Crippen LogP contribution in [-0.2, 0) is 17.0 Å². The van der Waals surface area contributed by atoms with E-state index in [1.54, 1.807) is 11.8 Å². The van der Waals surface area contributed by atoms with Crippen molar-refractivity contribution in [3.63, 3.8) is 0 Å². The molecule has 0 saturated heterocycles. The van der Waals surface area contributed by atoms with Gasteiger partial charge in [-0.05, 0) is 24.1 Å². The number of nitrogens with one attached hydrogen (secondary N) is 1. The summed E-state index contributed by atoms with van der Waals surface area (Å²) in [4.78, 5) is 12.2. The predicted molar refractivity (Wildman–Crippen MR) is 94.8 cm³/mol. The quantitative estimate of drug-likeness (QED) is 0.883. The highest BCUT2D eigenvalue weighted by atomic mass is 32.2. The lowest BCUT2D eigenvalue weighted by atomic mass is 10.1. The number of carbonyl (C=O) groups excluding carboxylic acids is 1. The van der Waals surface area contributed by atoms with E-state index in [1.807, 2.05) is 43.3 Å². The molecule has 0 fully saturated rings. The molecule has 0 bridgehead atoms. The van der Waals surface area contributed by atoms with Gasteiger partial charge in [0, 0.05) is 12.2 Å². The van der Waals surface area contributed by atoms with Gasteiger partial charge in [-0.2, -0.15) is 0 Å². The van der Waals surface area contributed by atoms with Gasteiger partial charge in [-0.15, -0.1) is 11.8 Å². The normalized spacial score (nSPS) is 17.2. The van der Waals surface area contributed by atoms with E-state index in [0.717, 1.165) is 17.9 Å². The molecule has 2 atom stereocenters. The predicted octanol–water partition coefficient (Wildman–Crippen LogP) is 3.43. The van der Waals surface area contributed by atoms with E-state index < -0.39 is 0 Å². The standard InChI is InChI=1S/C19H21NO2S/c1-14(23-13-15-7-3-2-4-8-15)19(21)20-12-17-11-16-9-5-6-10-18(16)22-17/h2-10,14,17H,11-13H2,1H3,(H,20,21)/t14-,17+/m0/s1. The number of hydrogen-bond donors (Lipinski definition) is 1. The Bertz CT molecular complexity index is 634. The summed E-state index contributed by atoms with van der Waals surface area (Å²) in [5.74, 6) is 1.87. The summed E-state index contributed by atoms with van der Waals surface area (Å²) < 4.78 is 5.84. The van der Waals surface area contributed by atoms with E-state index >= 15 is 0 Å². The largest absolute Gasteiger partial charge is 0.488 e. The molecule has 1 amide bonds. The number of benzene rings is 2. The molecule has 2 aromatic rings. The van der Waals surface area contributed by atoms with Gasteiger partial charge in [0.2, 0.25) is 5.91 Å². The second-order valence-electron chi connectivity index (χ2n) is 5.74. The van der Waals surface area contributed by atoms with Gasteiger partial charge in [-0.1, -0.05) is 48.5 Å². The first-order valence-corrected chi connectivity index (χ1v) is 8.95. The van der Waals surface area contributed by atoms with Gasteiger partial charge in [-0.3, -0.25) is 4.79 Å². The fraction of sp³-hybridized carbons (Fsp3) is 0.316. The summed E-state index contributed by atoms with van der Waals surface area (Å²) in [6.45, 7) is 2.51. The van der Waals surface area contributed by atoms with Gasteiger partial charge in [0.05, 0.1) is 11.8 Å². The Balaban J connectivity index is 1.41. The third-order valence-corrected chi connectivity index (χ3v) is 5.14. The molecular formula is C19H21NO2S. The molecular weight excluding hydrogens is 306 g/mol. The zero-order valence-corrected chi connectivity index (χ0v) is 14.0. The summed E-state index contributed by atoms with van der Waals surface area (Å²) in [5.41, 5.74) is 2.46. The molecule has 2 aromatic carbocycles. The molecule has 1 aliphatic rings. The van der Waals surface area contributed by atoms with Crippen LogP contribution in [0.3, 0.4) is 0 Å². The van der Waals surface area contributed by atoms with Gasteiger partial charge in [-0.25, -0.2) is 0 Å². The molecule has 4 heteroatoms. The maximum absolute atomic E-state index is 12.2. The number of amides is 1. The summed E-state index contributed by atoms with van der Waals surface area (Å²) in [6, 6.07) is 18.3. The molecule has 120 valence electrons. The van der Waals surface area contributed by atoms with Crippen LogP contribution in [0.2, 0.25) is 0 Å². The average molecular weight is 327 g/mol. The number of carbonyl (C=O) groups is 1. The Kier molecular flexibility index (Phi) is 5.23. The molecule has 1 heterocycles.